The fourth-order valence-corrected chi connectivity index (χ4v) is 2.52. The summed E-state index contributed by atoms with van der Waals surface area (Å²) in [5, 5.41) is 3.33. The Labute approximate surface area is 126 Å². The van der Waals surface area contributed by atoms with Gasteiger partial charge in [-0.3, -0.25) is 0 Å². The number of methoxy groups -OCH3 is 1. The summed E-state index contributed by atoms with van der Waals surface area (Å²) in [4.78, 5) is 0. The first kappa shape index (κ1) is 14.3. The Kier molecular flexibility index (Phi) is 5.15. The average Bonchev–Trinajstić information content (AvgIpc) is 2.40. The highest BCUT2D eigenvalue weighted by Gasteiger charge is 2.04. The van der Waals surface area contributed by atoms with Gasteiger partial charge in [-0.15, -0.1) is 0 Å². The van der Waals surface area contributed by atoms with Crippen molar-refractivity contribution in [1.82, 2.24) is 0 Å². The molecule has 0 saturated carbocycles. The lowest BCUT2D eigenvalue weighted by Gasteiger charge is -2.12. The van der Waals surface area contributed by atoms with Crippen LogP contribution >= 0.6 is 22.6 Å². The topological polar surface area (TPSA) is 21.3 Å². The molecule has 1 N–H and O–H groups in total. The van der Waals surface area contributed by atoms with Crippen LogP contribution in [0.4, 0.5) is 10.1 Å². The highest BCUT2D eigenvalue weighted by Crippen LogP contribution is 2.20. The quantitative estimate of drug-likeness (QED) is 0.796. The van der Waals surface area contributed by atoms with Crippen LogP contribution < -0.4 is 5.32 Å². The maximum Gasteiger partial charge on any atom is 0.124 e. The van der Waals surface area contributed by atoms with Crippen molar-refractivity contribution >= 4 is 28.3 Å². The molecule has 0 aliphatic heterocycles. The molecule has 0 heterocycles. The van der Waals surface area contributed by atoms with E-state index in [1.54, 1.807) is 13.2 Å². The summed E-state index contributed by atoms with van der Waals surface area (Å²) < 4.78 is 19.1. The van der Waals surface area contributed by atoms with Crippen molar-refractivity contribution in [2.75, 3.05) is 12.4 Å². The lowest BCUT2D eigenvalue weighted by molar-refractivity contribution is 0.184. The Morgan fingerprint density at radius 3 is 2.58 bits per heavy atom. The third kappa shape index (κ3) is 3.91. The number of halogens is 2. The van der Waals surface area contributed by atoms with Crippen molar-refractivity contribution in [2.24, 2.45) is 0 Å². The number of nitrogens with one attached hydrogen (secondary N) is 1. The second-order valence-corrected chi connectivity index (χ2v) is 5.34. The van der Waals surface area contributed by atoms with Crippen LogP contribution in [-0.2, 0) is 17.9 Å². The van der Waals surface area contributed by atoms with Gasteiger partial charge in [0.25, 0.3) is 0 Å². The van der Waals surface area contributed by atoms with Crippen LogP contribution in [0.15, 0.2) is 42.5 Å². The zero-order valence-electron chi connectivity index (χ0n) is 10.6. The van der Waals surface area contributed by atoms with Gasteiger partial charge in [0.2, 0.25) is 0 Å². The van der Waals surface area contributed by atoms with Crippen LogP contribution in [0.2, 0.25) is 0 Å². The molecule has 100 valence electrons. The largest absolute Gasteiger partial charge is 0.380 e. The van der Waals surface area contributed by atoms with E-state index in [1.807, 2.05) is 12.1 Å². The zero-order valence-corrected chi connectivity index (χ0v) is 12.8. The monoisotopic (exact) mass is 371 g/mol. The molecule has 0 aromatic heterocycles. The van der Waals surface area contributed by atoms with Crippen molar-refractivity contribution < 1.29 is 9.13 Å². The summed E-state index contributed by atoms with van der Waals surface area (Å²) in [6, 6.07) is 12.9. The SMILES string of the molecule is COCc1ccccc1CNc1ccc(F)cc1I. The Morgan fingerprint density at radius 2 is 1.89 bits per heavy atom. The third-order valence-corrected chi connectivity index (χ3v) is 3.71. The predicted octanol–water partition coefficient (Wildman–Crippen LogP) is 4.19. The number of hydrogen-bond donors (Lipinski definition) is 1. The smallest absolute Gasteiger partial charge is 0.124 e. The van der Waals surface area contributed by atoms with Gasteiger partial charge >= 0.3 is 0 Å². The number of anilines is 1. The standard InChI is InChI=1S/C15H15FINO/c1-19-10-12-5-3-2-4-11(12)9-18-15-7-6-13(16)8-14(15)17/h2-8,18H,9-10H2,1H3. The van der Waals surface area contributed by atoms with Crippen LogP contribution in [0.3, 0.4) is 0 Å². The van der Waals surface area contributed by atoms with Crippen molar-refractivity contribution in [1.29, 1.82) is 0 Å². The van der Waals surface area contributed by atoms with Crippen LogP contribution in [0.1, 0.15) is 11.1 Å². The lowest BCUT2D eigenvalue weighted by atomic mass is 10.1. The van der Waals surface area contributed by atoms with Gasteiger partial charge in [-0.05, 0) is 51.9 Å². The number of rotatable bonds is 5. The Morgan fingerprint density at radius 1 is 1.16 bits per heavy atom. The molecule has 0 bridgehead atoms. The minimum absolute atomic E-state index is 0.213. The highest BCUT2D eigenvalue weighted by molar-refractivity contribution is 14.1. The minimum atomic E-state index is -0.213. The molecule has 2 aromatic carbocycles. The average molecular weight is 371 g/mol. The van der Waals surface area contributed by atoms with Crippen molar-refractivity contribution in [3.8, 4) is 0 Å². The zero-order chi connectivity index (χ0) is 13.7. The van der Waals surface area contributed by atoms with Crippen LogP contribution in [0.25, 0.3) is 0 Å². The lowest BCUT2D eigenvalue weighted by Crippen LogP contribution is -2.04. The molecule has 2 aromatic rings. The molecule has 2 rings (SSSR count). The van der Waals surface area contributed by atoms with E-state index in [2.05, 4.69) is 40.0 Å². The number of benzene rings is 2. The first-order valence-corrected chi connectivity index (χ1v) is 7.03. The summed E-state index contributed by atoms with van der Waals surface area (Å²) in [5.41, 5.74) is 3.29. The van der Waals surface area contributed by atoms with Gasteiger partial charge in [-0.25, -0.2) is 4.39 Å². The van der Waals surface area contributed by atoms with E-state index in [0.29, 0.717) is 13.2 Å². The second kappa shape index (κ2) is 6.86. The second-order valence-electron chi connectivity index (χ2n) is 4.18. The Hall–Kier alpha value is -1.14. The third-order valence-electron chi connectivity index (χ3n) is 2.82. The van der Waals surface area contributed by atoms with Crippen molar-refractivity contribution in [3.63, 3.8) is 0 Å². The molecule has 0 unspecified atom stereocenters. The molecular weight excluding hydrogens is 356 g/mol. The van der Waals surface area contributed by atoms with Gasteiger partial charge in [0.1, 0.15) is 5.82 Å². The summed E-state index contributed by atoms with van der Waals surface area (Å²) >= 11 is 2.13. The molecular formula is C15H15FINO. The van der Waals surface area contributed by atoms with Crippen molar-refractivity contribution in [3.05, 3.63) is 63.0 Å². The number of hydrogen-bond acceptors (Lipinski definition) is 2. The van der Waals surface area contributed by atoms with Crippen LogP contribution in [0.5, 0.6) is 0 Å². The van der Waals surface area contributed by atoms with E-state index >= 15 is 0 Å². The summed E-state index contributed by atoms with van der Waals surface area (Å²) in [5.74, 6) is -0.213. The molecule has 0 saturated heterocycles. The fraction of sp³-hybridized carbons (Fsp3) is 0.200. The van der Waals surface area contributed by atoms with Crippen LogP contribution in [-0.4, -0.2) is 7.11 Å². The molecule has 0 spiro atoms. The molecule has 19 heavy (non-hydrogen) atoms. The van der Waals surface area contributed by atoms with E-state index in [-0.39, 0.29) is 5.82 Å². The molecule has 0 atom stereocenters. The number of ether oxygens (including phenoxy) is 1. The first-order valence-electron chi connectivity index (χ1n) is 5.95. The summed E-state index contributed by atoms with van der Waals surface area (Å²) in [6.07, 6.45) is 0. The van der Waals surface area contributed by atoms with Gasteiger partial charge in [-0.2, -0.15) is 0 Å². The van der Waals surface area contributed by atoms with Gasteiger partial charge < -0.3 is 10.1 Å². The molecule has 0 aliphatic carbocycles. The van der Waals surface area contributed by atoms with E-state index in [0.717, 1.165) is 14.8 Å². The maximum absolute atomic E-state index is 13.0. The fourth-order valence-electron chi connectivity index (χ4n) is 1.85. The van der Waals surface area contributed by atoms with Gasteiger partial charge in [0, 0.05) is 22.9 Å². The van der Waals surface area contributed by atoms with E-state index < -0.39 is 0 Å². The molecule has 0 fully saturated rings. The Balaban J connectivity index is 2.10. The van der Waals surface area contributed by atoms with Crippen LogP contribution in [0, 0.1) is 9.39 Å². The maximum atomic E-state index is 13.0. The van der Waals surface area contributed by atoms with Gasteiger partial charge in [0.05, 0.1) is 6.61 Å². The first-order chi connectivity index (χ1) is 9.20. The summed E-state index contributed by atoms with van der Waals surface area (Å²) in [7, 11) is 1.69. The molecule has 4 heteroatoms. The van der Waals surface area contributed by atoms with E-state index in [4.69, 9.17) is 4.74 Å². The van der Waals surface area contributed by atoms with E-state index in [9.17, 15) is 4.39 Å². The van der Waals surface area contributed by atoms with Gasteiger partial charge in [-0.1, -0.05) is 24.3 Å². The van der Waals surface area contributed by atoms with E-state index in [1.165, 1.54) is 17.7 Å². The molecule has 0 amide bonds. The van der Waals surface area contributed by atoms with Crippen molar-refractivity contribution in [2.45, 2.75) is 13.2 Å². The molecule has 0 aliphatic rings. The van der Waals surface area contributed by atoms with Gasteiger partial charge in [0.15, 0.2) is 0 Å². The normalized spacial score (nSPS) is 10.5. The molecule has 0 radical (unpaired) electrons. The highest BCUT2D eigenvalue weighted by atomic mass is 127. The summed E-state index contributed by atoms with van der Waals surface area (Å²) in [6.45, 7) is 1.29. The predicted molar refractivity (Wildman–Crippen MR) is 83.6 cm³/mol. The Bertz CT molecular complexity index is 560. The molecule has 2 nitrogen and oxygen atoms in total. The minimum Gasteiger partial charge on any atom is -0.380 e.